The summed E-state index contributed by atoms with van der Waals surface area (Å²) in [5.74, 6) is 2.15. The molecular formula is C18H18FN7O. The molecule has 4 rings (SSSR count). The lowest BCUT2D eigenvalue weighted by Crippen LogP contribution is -2.09. The van der Waals surface area contributed by atoms with Crippen molar-refractivity contribution in [3.8, 4) is 11.4 Å². The summed E-state index contributed by atoms with van der Waals surface area (Å²) in [6.45, 7) is 2.75. The van der Waals surface area contributed by atoms with Crippen LogP contribution < -0.4 is 5.32 Å². The first-order chi connectivity index (χ1) is 13.2. The molecule has 8 nitrogen and oxygen atoms in total. The zero-order chi connectivity index (χ0) is 18.6. The lowest BCUT2D eigenvalue weighted by Gasteiger charge is -2.08. The first-order valence-corrected chi connectivity index (χ1v) is 8.75. The number of benzene rings is 1. The molecule has 27 heavy (non-hydrogen) atoms. The molecule has 0 unspecified atom stereocenters. The number of rotatable bonds is 7. The summed E-state index contributed by atoms with van der Waals surface area (Å²) in [6, 6.07) is 7.98. The molecule has 0 saturated carbocycles. The molecule has 0 aliphatic carbocycles. The molecule has 1 aromatic carbocycles. The highest BCUT2D eigenvalue weighted by Crippen LogP contribution is 2.17. The van der Waals surface area contributed by atoms with Crippen molar-refractivity contribution in [2.75, 3.05) is 11.9 Å². The number of anilines is 1. The van der Waals surface area contributed by atoms with Gasteiger partial charge in [-0.15, -0.1) is 0 Å². The summed E-state index contributed by atoms with van der Waals surface area (Å²) in [5, 5.41) is 11.5. The summed E-state index contributed by atoms with van der Waals surface area (Å²) in [6.07, 6.45) is 3.74. The maximum absolute atomic E-state index is 13.0. The second kappa shape index (κ2) is 7.48. The third kappa shape index (κ3) is 3.76. The minimum Gasteiger partial charge on any atom is -0.370 e. The summed E-state index contributed by atoms with van der Waals surface area (Å²) in [7, 11) is 0. The lowest BCUT2D eigenvalue weighted by atomic mass is 10.2. The molecule has 138 valence electrons. The van der Waals surface area contributed by atoms with Gasteiger partial charge in [0.1, 0.15) is 18.0 Å². The van der Waals surface area contributed by atoms with Crippen molar-refractivity contribution in [2.24, 2.45) is 0 Å². The number of aromatic nitrogens is 6. The van der Waals surface area contributed by atoms with E-state index in [4.69, 9.17) is 4.52 Å². The SMILES string of the molecule is CCc1cc(NCCCc2nc(-c3ccc(F)cc3)no2)n2ncnc2n1. The van der Waals surface area contributed by atoms with Crippen molar-refractivity contribution in [1.29, 1.82) is 0 Å². The van der Waals surface area contributed by atoms with Crippen LogP contribution in [-0.4, -0.2) is 36.3 Å². The zero-order valence-corrected chi connectivity index (χ0v) is 14.8. The molecule has 4 aromatic rings. The van der Waals surface area contributed by atoms with Gasteiger partial charge in [-0.3, -0.25) is 0 Å². The van der Waals surface area contributed by atoms with Crippen LogP contribution in [0.15, 0.2) is 41.2 Å². The van der Waals surface area contributed by atoms with E-state index in [0.29, 0.717) is 30.5 Å². The Morgan fingerprint density at radius 3 is 2.85 bits per heavy atom. The Bertz CT molecular complexity index is 1040. The quantitative estimate of drug-likeness (QED) is 0.502. The monoisotopic (exact) mass is 367 g/mol. The highest BCUT2D eigenvalue weighted by atomic mass is 19.1. The van der Waals surface area contributed by atoms with Crippen LogP contribution in [0.4, 0.5) is 10.2 Å². The summed E-state index contributed by atoms with van der Waals surface area (Å²) < 4.78 is 19.9. The number of nitrogens with one attached hydrogen (secondary N) is 1. The van der Waals surface area contributed by atoms with Gasteiger partial charge in [0.25, 0.3) is 5.78 Å². The molecule has 0 fully saturated rings. The van der Waals surface area contributed by atoms with Crippen LogP contribution in [0.2, 0.25) is 0 Å². The first kappa shape index (κ1) is 17.1. The van der Waals surface area contributed by atoms with Crippen LogP contribution in [0.3, 0.4) is 0 Å². The number of hydrogen-bond donors (Lipinski definition) is 1. The maximum Gasteiger partial charge on any atom is 0.254 e. The number of nitrogens with zero attached hydrogens (tertiary/aromatic N) is 6. The topological polar surface area (TPSA) is 94.0 Å². The molecule has 0 amide bonds. The van der Waals surface area contributed by atoms with Crippen molar-refractivity contribution in [3.63, 3.8) is 0 Å². The molecule has 0 saturated heterocycles. The minimum absolute atomic E-state index is 0.294. The number of fused-ring (bicyclic) bond motifs is 1. The fraction of sp³-hybridized carbons (Fsp3) is 0.278. The van der Waals surface area contributed by atoms with E-state index in [1.807, 2.05) is 13.0 Å². The van der Waals surface area contributed by atoms with Crippen LogP contribution in [0.1, 0.15) is 24.9 Å². The predicted molar refractivity (Wildman–Crippen MR) is 96.7 cm³/mol. The highest BCUT2D eigenvalue weighted by molar-refractivity contribution is 5.53. The Morgan fingerprint density at radius 1 is 1.19 bits per heavy atom. The van der Waals surface area contributed by atoms with Crippen LogP contribution in [0.25, 0.3) is 17.2 Å². The molecule has 0 spiro atoms. The highest BCUT2D eigenvalue weighted by Gasteiger charge is 2.09. The smallest absolute Gasteiger partial charge is 0.254 e. The fourth-order valence-electron chi connectivity index (χ4n) is 2.70. The average molecular weight is 367 g/mol. The van der Waals surface area contributed by atoms with Gasteiger partial charge in [0.2, 0.25) is 11.7 Å². The van der Waals surface area contributed by atoms with Crippen molar-refractivity contribution in [3.05, 3.63) is 54.1 Å². The zero-order valence-electron chi connectivity index (χ0n) is 14.8. The largest absolute Gasteiger partial charge is 0.370 e. The predicted octanol–water partition coefficient (Wildman–Crippen LogP) is 2.92. The van der Waals surface area contributed by atoms with Gasteiger partial charge in [-0.05, 0) is 37.1 Å². The molecule has 0 atom stereocenters. The average Bonchev–Trinajstić information content (AvgIpc) is 3.35. The Hall–Kier alpha value is -3.36. The van der Waals surface area contributed by atoms with Gasteiger partial charge < -0.3 is 9.84 Å². The second-order valence-corrected chi connectivity index (χ2v) is 6.01. The summed E-state index contributed by atoms with van der Waals surface area (Å²) >= 11 is 0. The summed E-state index contributed by atoms with van der Waals surface area (Å²) in [5.41, 5.74) is 1.68. The number of halogens is 1. The van der Waals surface area contributed by atoms with Crippen LogP contribution in [-0.2, 0) is 12.8 Å². The van der Waals surface area contributed by atoms with Crippen LogP contribution in [0, 0.1) is 5.82 Å². The normalized spacial score (nSPS) is 11.2. The standard InChI is InChI=1S/C18H18FN7O/c1-2-14-10-15(26-18(23-14)21-11-22-26)20-9-3-4-16-24-17(25-27-16)12-5-7-13(19)8-6-12/h5-8,10-11,20H,2-4,9H2,1H3. The van der Waals surface area contributed by atoms with E-state index < -0.39 is 0 Å². The molecule has 3 heterocycles. The van der Waals surface area contributed by atoms with E-state index in [-0.39, 0.29) is 5.82 Å². The Balaban J connectivity index is 1.36. The Labute approximate surface area is 154 Å². The molecule has 3 aromatic heterocycles. The Morgan fingerprint density at radius 2 is 2.04 bits per heavy atom. The van der Waals surface area contributed by atoms with Crippen molar-refractivity contribution in [1.82, 2.24) is 29.7 Å². The van der Waals surface area contributed by atoms with Gasteiger partial charge in [0.05, 0.1) is 0 Å². The van der Waals surface area contributed by atoms with Crippen molar-refractivity contribution >= 4 is 11.6 Å². The van der Waals surface area contributed by atoms with Gasteiger partial charge in [-0.1, -0.05) is 12.1 Å². The van der Waals surface area contributed by atoms with Gasteiger partial charge in [-0.25, -0.2) is 9.37 Å². The fourth-order valence-corrected chi connectivity index (χ4v) is 2.70. The van der Waals surface area contributed by atoms with Crippen LogP contribution in [0.5, 0.6) is 0 Å². The molecule has 0 aliphatic heterocycles. The number of hydrogen-bond acceptors (Lipinski definition) is 7. The van der Waals surface area contributed by atoms with Crippen LogP contribution >= 0.6 is 0 Å². The third-order valence-electron chi connectivity index (χ3n) is 4.11. The first-order valence-electron chi connectivity index (χ1n) is 8.75. The Kier molecular flexibility index (Phi) is 4.73. The maximum atomic E-state index is 13.0. The van der Waals surface area contributed by atoms with E-state index in [0.717, 1.165) is 29.9 Å². The molecule has 0 radical (unpaired) electrons. The van der Waals surface area contributed by atoms with Gasteiger partial charge in [-0.2, -0.15) is 19.6 Å². The van der Waals surface area contributed by atoms with E-state index >= 15 is 0 Å². The van der Waals surface area contributed by atoms with Crippen molar-refractivity contribution in [2.45, 2.75) is 26.2 Å². The van der Waals surface area contributed by atoms with E-state index in [9.17, 15) is 4.39 Å². The molecule has 0 bridgehead atoms. The molecule has 9 heteroatoms. The van der Waals surface area contributed by atoms with Gasteiger partial charge in [0.15, 0.2) is 0 Å². The number of aryl methyl sites for hydroxylation is 2. The minimum atomic E-state index is -0.294. The molecular weight excluding hydrogens is 349 g/mol. The molecule has 1 N–H and O–H groups in total. The lowest BCUT2D eigenvalue weighted by molar-refractivity contribution is 0.377. The van der Waals surface area contributed by atoms with E-state index in [1.54, 1.807) is 16.6 Å². The van der Waals surface area contributed by atoms with Gasteiger partial charge in [0, 0.05) is 30.3 Å². The second-order valence-electron chi connectivity index (χ2n) is 6.01. The van der Waals surface area contributed by atoms with E-state index in [2.05, 4.69) is 30.5 Å². The van der Waals surface area contributed by atoms with E-state index in [1.165, 1.54) is 18.5 Å². The summed E-state index contributed by atoms with van der Waals surface area (Å²) in [4.78, 5) is 12.9. The van der Waals surface area contributed by atoms with Gasteiger partial charge >= 0.3 is 0 Å². The van der Waals surface area contributed by atoms with Crippen molar-refractivity contribution < 1.29 is 8.91 Å². The third-order valence-corrected chi connectivity index (χ3v) is 4.11. The molecule has 0 aliphatic rings.